The zero-order chi connectivity index (χ0) is 16.2. The molecular weight excluding hydrogens is 286 g/mol. The average Bonchev–Trinajstić information content (AvgIpc) is 2.57. The number of hydrogen-bond donors (Lipinski definition) is 1. The van der Waals surface area contributed by atoms with Gasteiger partial charge in [0, 0.05) is 11.9 Å². The van der Waals surface area contributed by atoms with Gasteiger partial charge >= 0.3 is 6.09 Å². The van der Waals surface area contributed by atoms with Crippen molar-refractivity contribution >= 4 is 16.9 Å². The molecule has 0 saturated heterocycles. The maximum Gasteiger partial charge on any atom is 0.412 e. The molecule has 0 spiro atoms. The van der Waals surface area contributed by atoms with Gasteiger partial charge in [0.1, 0.15) is 5.75 Å². The Kier molecular flexibility index (Phi) is 4.29. The van der Waals surface area contributed by atoms with Gasteiger partial charge in [0.15, 0.2) is 0 Å². The first-order valence-electron chi connectivity index (χ1n) is 7.63. The molecule has 3 aromatic carbocycles. The summed E-state index contributed by atoms with van der Waals surface area (Å²) < 4.78 is 5.55. The first-order chi connectivity index (χ1) is 11.1. The standard InChI is InChI=1S/C20H19NO2/c1-14-7-10-16(11-8-14)13-21-20(22)23-19-15(2)9-12-17-5-3-4-6-18(17)19/h3-12H,13H2,1-2H3,(H,21,22). The second-order valence-corrected chi connectivity index (χ2v) is 5.66. The van der Waals surface area contributed by atoms with Gasteiger partial charge in [-0.15, -0.1) is 0 Å². The van der Waals surface area contributed by atoms with Gasteiger partial charge in [-0.2, -0.15) is 0 Å². The topological polar surface area (TPSA) is 38.3 Å². The van der Waals surface area contributed by atoms with Gasteiger partial charge in [-0.3, -0.25) is 0 Å². The van der Waals surface area contributed by atoms with E-state index >= 15 is 0 Å². The van der Waals surface area contributed by atoms with E-state index in [1.165, 1.54) is 5.56 Å². The van der Waals surface area contributed by atoms with E-state index in [1.54, 1.807) is 0 Å². The summed E-state index contributed by atoms with van der Waals surface area (Å²) in [6.45, 7) is 4.42. The minimum Gasteiger partial charge on any atom is -0.409 e. The number of aryl methyl sites for hydroxylation is 2. The van der Waals surface area contributed by atoms with Crippen LogP contribution in [0.25, 0.3) is 10.8 Å². The second kappa shape index (κ2) is 6.53. The van der Waals surface area contributed by atoms with Crippen LogP contribution in [0.2, 0.25) is 0 Å². The molecule has 1 N–H and O–H groups in total. The van der Waals surface area contributed by atoms with Crippen LogP contribution in [0.15, 0.2) is 60.7 Å². The minimum atomic E-state index is -0.440. The molecule has 0 heterocycles. The summed E-state index contributed by atoms with van der Waals surface area (Å²) in [5.41, 5.74) is 3.18. The van der Waals surface area contributed by atoms with E-state index in [0.29, 0.717) is 12.3 Å². The maximum absolute atomic E-state index is 12.1. The van der Waals surface area contributed by atoms with Gasteiger partial charge in [0.05, 0.1) is 0 Å². The van der Waals surface area contributed by atoms with Crippen LogP contribution in [0.1, 0.15) is 16.7 Å². The van der Waals surface area contributed by atoms with Crippen LogP contribution in [0.4, 0.5) is 4.79 Å². The Morgan fingerprint density at radius 3 is 2.48 bits per heavy atom. The molecule has 0 aliphatic rings. The molecule has 1 amide bonds. The van der Waals surface area contributed by atoms with Gasteiger partial charge < -0.3 is 10.1 Å². The van der Waals surface area contributed by atoms with Crippen LogP contribution in [-0.4, -0.2) is 6.09 Å². The van der Waals surface area contributed by atoms with E-state index in [2.05, 4.69) is 5.32 Å². The number of nitrogens with one attached hydrogen (secondary N) is 1. The van der Waals surface area contributed by atoms with E-state index in [-0.39, 0.29) is 0 Å². The summed E-state index contributed by atoms with van der Waals surface area (Å²) in [4.78, 5) is 12.1. The highest BCUT2D eigenvalue weighted by molar-refractivity contribution is 5.91. The Balaban J connectivity index is 1.73. The fraction of sp³-hybridized carbons (Fsp3) is 0.150. The summed E-state index contributed by atoms with van der Waals surface area (Å²) >= 11 is 0. The van der Waals surface area contributed by atoms with E-state index in [1.807, 2.05) is 74.5 Å². The highest BCUT2D eigenvalue weighted by Crippen LogP contribution is 2.29. The van der Waals surface area contributed by atoms with Crippen molar-refractivity contribution < 1.29 is 9.53 Å². The molecule has 3 rings (SSSR count). The van der Waals surface area contributed by atoms with Crippen LogP contribution in [0.5, 0.6) is 5.75 Å². The SMILES string of the molecule is Cc1ccc(CNC(=O)Oc2c(C)ccc3ccccc23)cc1. The number of carbonyl (C=O) groups excluding carboxylic acids is 1. The predicted molar refractivity (Wildman–Crippen MR) is 92.7 cm³/mol. The summed E-state index contributed by atoms with van der Waals surface area (Å²) in [6.07, 6.45) is -0.440. The van der Waals surface area contributed by atoms with E-state index in [4.69, 9.17) is 4.74 Å². The lowest BCUT2D eigenvalue weighted by Gasteiger charge is -2.12. The van der Waals surface area contributed by atoms with E-state index < -0.39 is 6.09 Å². The Morgan fingerprint density at radius 1 is 0.957 bits per heavy atom. The molecule has 0 aliphatic carbocycles. The molecule has 0 bridgehead atoms. The van der Waals surface area contributed by atoms with Gasteiger partial charge in [0.25, 0.3) is 0 Å². The third-order valence-corrected chi connectivity index (χ3v) is 3.83. The average molecular weight is 305 g/mol. The van der Waals surface area contributed by atoms with Crippen LogP contribution in [-0.2, 0) is 6.54 Å². The molecule has 0 aliphatic heterocycles. The molecule has 0 saturated carbocycles. The Hall–Kier alpha value is -2.81. The quantitative estimate of drug-likeness (QED) is 0.758. The molecule has 0 fully saturated rings. The van der Waals surface area contributed by atoms with Gasteiger partial charge in [-0.05, 0) is 30.4 Å². The number of hydrogen-bond acceptors (Lipinski definition) is 2. The number of amides is 1. The number of fused-ring (bicyclic) bond motifs is 1. The van der Waals surface area contributed by atoms with Crippen molar-refractivity contribution in [2.45, 2.75) is 20.4 Å². The first kappa shape index (κ1) is 15.1. The van der Waals surface area contributed by atoms with Crippen LogP contribution in [0.3, 0.4) is 0 Å². The zero-order valence-electron chi connectivity index (χ0n) is 13.3. The Labute approximate surface area is 135 Å². The molecule has 0 atom stereocenters. The predicted octanol–water partition coefficient (Wildman–Crippen LogP) is 4.75. The van der Waals surface area contributed by atoms with Crippen molar-refractivity contribution in [1.82, 2.24) is 5.32 Å². The third kappa shape index (κ3) is 3.51. The number of benzene rings is 3. The van der Waals surface area contributed by atoms with Crippen molar-refractivity contribution in [2.24, 2.45) is 0 Å². The molecule has 3 heteroatoms. The van der Waals surface area contributed by atoms with Crippen LogP contribution in [0, 0.1) is 13.8 Å². The van der Waals surface area contributed by atoms with Crippen molar-refractivity contribution in [3.05, 3.63) is 77.4 Å². The maximum atomic E-state index is 12.1. The molecule has 23 heavy (non-hydrogen) atoms. The van der Waals surface area contributed by atoms with Crippen molar-refractivity contribution in [1.29, 1.82) is 0 Å². The lowest BCUT2D eigenvalue weighted by atomic mass is 10.1. The van der Waals surface area contributed by atoms with Gasteiger partial charge in [0.2, 0.25) is 0 Å². The summed E-state index contributed by atoms with van der Waals surface area (Å²) in [7, 11) is 0. The highest BCUT2D eigenvalue weighted by Gasteiger charge is 2.10. The Morgan fingerprint density at radius 2 is 1.70 bits per heavy atom. The lowest BCUT2D eigenvalue weighted by molar-refractivity contribution is 0.200. The first-order valence-corrected chi connectivity index (χ1v) is 7.63. The molecule has 3 aromatic rings. The fourth-order valence-corrected chi connectivity index (χ4v) is 2.50. The fourth-order valence-electron chi connectivity index (χ4n) is 2.50. The summed E-state index contributed by atoms with van der Waals surface area (Å²) in [5.74, 6) is 0.615. The molecule has 0 radical (unpaired) electrons. The zero-order valence-corrected chi connectivity index (χ0v) is 13.3. The second-order valence-electron chi connectivity index (χ2n) is 5.66. The smallest absolute Gasteiger partial charge is 0.409 e. The number of ether oxygens (including phenoxy) is 1. The van der Waals surface area contributed by atoms with Crippen molar-refractivity contribution in [2.75, 3.05) is 0 Å². The molecule has 3 nitrogen and oxygen atoms in total. The summed E-state index contributed by atoms with van der Waals surface area (Å²) in [5, 5.41) is 4.80. The Bertz CT molecular complexity index is 838. The summed E-state index contributed by atoms with van der Waals surface area (Å²) in [6, 6.07) is 19.9. The van der Waals surface area contributed by atoms with Crippen LogP contribution >= 0.6 is 0 Å². The van der Waals surface area contributed by atoms with Gasteiger partial charge in [-0.1, -0.05) is 66.2 Å². The molecule has 0 aromatic heterocycles. The number of rotatable bonds is 3. The van der Waals surface area contributed by atoms with Gasteiger partial charge in [-0.25, -0.2) is 4.79 Å². The number of carbonyl (C=O) groups is 1. The third-order valence-electron chi connectivity index (χ3n) is 3.83. The van der Waals surface area contributed by atoms with E-state index in [9.17, 15) is 4.79 Å². The van der Waals surface area contributed by atoms with Crippen molar-refractivity contribution in [3.8, 4) is 5.75 Å². The normalized spacial score (nSPS) is 10.5. The molecule has 116 valence electrons. The molecular formula is C20H19NO2. The lowest BCUT2D eigenvalue weighted by Crippen LogP contribution is -2.26. The largest absolute Gasteiger partial charge is 0.412 e. The highest BCUT2D eigenvalue weighted by atomic mass is 16.6. The van der Waals surface area contributed by atoms with Crippen LogP contribution < -0.4 is 10.1 Å². The minimum absolute atomic E-state index is 0.440. The van der Waals surface area contributed by atoms with E-state index in [0.717, 1.165) is 21.9 Å². The molecule has 0 unspecified atom stereocenters. The monoisotopic (exact) mass is 305 g/mol. The van der Waals surface area contributed by atoms with Crippen molar-refractivity contribution in [3.63, 3.8) is 0 Å².